The van der Waals surface area contributed by atoms with Crippen LogP contribution < -0.4 is 10.6 Å². The normalized spacial score (nSPS) is 17.1. The molecule has 1 saturated heterocycles. The van der Waals surface area contributed by atoms with Gasteiger partial charge in [0.25, 0.3) is 0 Å². The van der Waals surface area contributed by atoms with E-state index in [1.165, 1.54) is 0 Å². The van der Waals surface area contributed by atoms with Crippen molar-refractivity contribution in [3.05, 3.63) is 24.4 Å². The number of anilines is 1. The molecule has 110 valence electrons. The average molecular weight is 278 g/mol. The molecular formula is C14H22N4O2. The summed E-state index contributed by atoms with van der Waals surface area (Å²) in [5.41, 5.74) is 5.88. The molecule has 1 aliphatic rings. The largest absolute Gasteiger partial charge is 0.385 e. The fourth-order valence-electron chi connectivity index (χ4n) is 2.30. The number of methoxy groups -OCH3 is 1. The summed E-state index contributed by atoms with van der Waals surface area (Å²) < 4.78 is 4.96. The van der Waals surface area contributed by atoms with E-state index in [9.17, 15) is 4.79 Å². The molecule has 1 aromatic heterocycles. The van der Waals surface area contributed by atoms with Gasteiger partial charge in [-0.2, -0.15) is 0 Å². The second-order valence-corrected chi connectivity index (χ2v) is 4.89. The summed E-state index contributed by atoms with van der Waals surface area (Å²) in [4.78, 5) is 20.5. The summed E-state index contributed by atoms with van der Waals surface area (Å²) in [6, 6.07) is 5.40. The molecule has 1 unspecified atom stereocenters. The fraction of sp³-hybridized carbons (Fsp3) is 0.571. The highest BCUT2D eigenvalue weighted by Crippen LogP contribution is 2.13. The zero-order valence-electron chi connectivity index (χ0n) is 11.9. The predicted molar refractivity (Wildman–Crippen MR) is 77.5 cm³/mol. The molecule has 0 spiro atoms. The van der Waals surface area contributed by atoms with Gasteiger partial charge >= 0.3 is 0 Å². The minimum absolute atomic E-state index is 0.0164. The second-order valence-electron chi connectivity index (χ2n) is 4.89. The first-order valence-electron chi connectivity index (χ1n) is 6.91. The maximum absolute atomic E-state index is 12.2. The quantitative estimate of drug-likeness (QED) is 0.827. The Bertz CT molecular complexity index is 418. The first kappa shape index (κ1) is 14.7. The molecule has 1 atom stereocenters. The van der Waals surface area contributed by atoms with Gasteiger partial charge in [0, 0.05) is 46.1 Å². The van der Waals surface area contributed by atoms with Crippen molar-refractivity contribution in [3.63, 3.8) is 0 Å². The number of aromatic nitrogens is 1. The van der Waals surface area contributed by atoms with Crippen molar-refractivity contribution in [3.8, 4) is 0 Å². The van der Waals surface area contributed by atoms with Crippen LogP contribution in [0.25, 0.3) is 0 Å². The zero-order valence-corrected chi connectivity index (χ0v) is 11.9. The van der Waals surface area contributed by atoms with Gasteiger partial charge in [-0.1, -0.05) is 6.07 Å². The van der Waals surface area contributed by atoms with Crippen molar-refractivity contribution in [2.75, 3.05) is 44.8 Å². The fourth-order valence-corrected chi connectivity index (χ4v) is 2.30. The molecule has 0 saturated carbocycles. The highest BCUT2D eigenvalue weighted by Gasteiger charge is 2.25. The topological polar surface area (TPSA) is 71.7 Å². The molecule has 2 heterocycles. The lowest BCUT2D eigenvalue weighted by atomic mass is 10.2. The van der Waals surface area contributed by atoms with E-state index in [0.717, 1.165) is 18.9 Å². The lowest BCUT2D eigenvalue weighted by Gasteiger charge is -2.36. The first-order valence-corrected chi connectivity index (χ1v) is 6.91. The van der Waals surface area contributed by atoms with Crippen LogP contribution in [-0.4, -0.2) is 61.7 Å². The summed E-state index contributed by atoms with van der Waals surface area (Å²) in [5, 5.41) is 0. The number of rotatable bonds is 5. The Balaban J connectivity index is 1.83. The van der Waals surface area contributed by atoms with Gasteiger partial charge in [-0.25, -0.2) is 4.98 Å². The average Bonchev–Trinajstić information content (AvgIpc) is 2.53. The van der Waals surface area contributed by atoms with E-state index < -0.39 is 6.04 Å². The predicted octanol–water partition coefficient (Wildman–Crippen LogP) is 0.0940. The molecule has 0 aliphatic carbocycles. The van der Waals surface area contributed by atoms with Crippen molar-refractivity contribution in [1.29, 1.82) is 0 Å². The number of carbonyl (C=O) groups excluding carboxylic acids is 1. The third-order valence-electron chi connectivity index (χ3n) is 3.51. The van der Waals surface area contributed by atoms with Crippen LogP contribution in [0.3, 0.4) is 0 Å². The van der Waals surface area contributed by atoms with E-state index in [1.54, 1.807) is 13.3 Å². The van der Waals surface area contributed by atoms with Crippen molar-refractivity contribution in [1.82, 2.24) is 9.88 Å². The monoisotopic (exact) mass is 278 g/mol. The van der Waals surface area contributed by atoms with Gasteiger partial charge in [-0.3, -0.25) is 4.79 Å². The SMILES string of the molecule is COCCC(N)C(=O)N1CCN(c2ccccn2)CC1. The number of ether oxygens (including phenoxy) is 1. The van der Waals surface area contributed by atoms with Crippen LogP contribution in [0.2, 0.25) is 0 Å². The third kappa shape index (κ3) is 3.68. The molecule has 2 rings (SSSR count). The van der Waals surface area contributed by atoms with Crippen LogP contribution in [0.1, 0.15) is 6.42 Å². The van der Waals surface area contributed by atoms with Gasteiger partial charge in [0.2, 0.25) is 5.91 Å². The summed E-state index contributed by atoms with van der Waals surface area (Å²) in [5.74, 6) is 0.978. The Morgan fingerprint density at radius 2 is 2.15 bits per heavy atom. The van der Waals surface area contributed by atoms with Gasteiger partial charge in [0.1, 0.15) is 5.82 Å². The van der Waals surface area contributed by atoms with E-state index in [2.05, 4.69) is 9.88 Å². The molecule has 1 amide bonds. The van der Waals surface area contributed by atoms with E-state index in [1.807, 2.05) is 23.1 Å². The molecule has 6 heteroatoms. The van der Waals surface area contributed by atoms with E-state index in [0.29, 0.717) is 26.1 Å². The number of hydrogen-bond acceptors (Lipinski definition) is 5. The van der Waals surface area contributed by atoms with E-state index in [4.69, 9.17) is 10.5 Å². The molecule has 6 nitrogen and oxygen atoms in total. The third-order valence-corrected chi connectivity index (χ3v) is 3.51. The van der Waals surface area contributed by atoms with Gasteiger partial charge in [-0.15, -0.1) is 0 Å². The molecule has 20 heavy (non-hydrogen) atoms. The standard InChI is InChI=1S/C14H22N4O2/c1-20-11-5-12(15)14(19)18-9-7-17(8-10-18)13-4-2-3-6-16-13/h2-4,6,12H,5,7-11,15H2,1H3. The molecule has 0 radical (unpaired) electrons. The van der Waals surface area contributed by atoms with Crippen LogP contribution in [0.5, 0.6) is 0 Å². The Hall–Kier alpha value is -1.66. The number of hydrogen-bond donors (Lipinski definition) is 1. The van der Waals surface area contributed by atoms with Crippen LogP contribution in [0.15, 0.2) is 24.4 Å². The number of carbonyl (C=O) groups is 1. The highest BCUT2D eigenvalue weighted by atomic mass is 16.5. The Morgan fingerprint density at radius 3 is 2.75 bits per heavy atom. The number of amides is 1. The minimum Gasteiger partial charge on any atom is -0.385 e. The smallest absolute Gasteiger partial charge is 0.239 e. The number of pyridine rings is 1. The molecule has 1 aliphatic heterocycles. The van der Waals surface area contributed by atoms with E-state index >= 15 is 0 Å². The van der Waals surface area contributed by atoms with Crippen LogP contribution in [0, 0.1) is 0 Å². The van der Waals surface area contributed by atoms with Gasteiger partial charge in [0.15, 0.2) is 0 Å². The summed E-state index contributed by atoms with van der Waals surface area (Å²) >= 11 is 0. The molecule has 1 fully saturated rings. The van der Waals surface area contributed by atoms with Crippen molar-refractivity contribution in [2.24, 2.45) is 5.73 Å². The second kappa shape index (κ2) is 7.21. The Labute approximate surface area is 119 Å². The zero-order chi connectivity index (χ0) is 14.4. The first-order chi connectivity index (χ1) is 9.72. The van der Waals surface area contributed by atoms with E-state index in [-0.39, 0.29) is 5.91 Å². The minimum atomic E-state index is -0.462. The highest BCUT2D eigenvalue weighted by molar-refractivity contribution is 5.81. The maximum Gasteiger partial charge on any atom is 0.239 e. The Kier molecular flexibility index (Phi) is 5.31. The number of piperazine rings is 1. The van der Waals surface area contributed by atoms with Crippen molar-refractivity contribution in [2.45, 2.75) is 12.5 Å². The summed E-state index contributed by atoms with van der Waals surface area (Å²) in [6.45, 7) is 3.48. The number of nitrogens with two attached hydrogens (primary N) is 1. The van der Waals surface area contributed by atoms with Crippen LogP contribution in [0.4, 0.5) is 5.82 Å². The van der Waals surface area contributed by atoms with Crippen molar-refractivity contribution >= 4 is 11.7 Å². The summed E-state index contributed by atoms with van der Waals surface area (Å²) in [7, 11) is 1.61. The number of nitrogens with zero attached hydrogens (tertiary/aromatic N) is 3. The van der Waals surface area contributed by atoms with Gasteiger partial charge in [-0.05, 0) is 18.6 Å². The lowest BCUT2D eigenvalue weighted by molar-refractivity contribution is -0.133. The van der Waals surface area contributed by atoms with Gasteiger partial charge in [0.05, 0.1) is 6.04 Å². The van der Waals surface area contributed by atoms with Crippen molar-refractivity contribution < 1.29 is 9.53 Å². The Morgan fingerprint density at radius 1 is 1.40 bits per heavy atom. The summed E-state index contributed by atoms with van der Waals surface area (Å²) in [6.07, 6.45) is 2.35. The van der Waals surface area contributed by atoms with Crippen LogP contribution >= 0.6 is 0 Å². The molecule has 2 N–H and O–H groups in total. The molecular weight excluding hydrogens is 256 g/mol. The molecule has 0 bridgehead atoms. The van der Waals surface area contributed by atoms with Gasteiger partial charge < -0.3 is 20.3 Å². The maximum atomic E-state index is 12.2. The molecule has 0 aromatic carbocycles. The van der Waals surface area contributed by atoms with Crippen LogP contribution in [-0.2, 0) is 9.53 Å². The molecule has 1 aromatic rings. The lowest BCUT2D eigenvalue weighted by Crippen LogP contribution is -2.53.